The average molecular weight is 333 g/mol. The molecule has 7 heteroatoms. The number of aromatic nitrogens is 2. The van der Waals surface area contributed by atoms with Crippen molar-refractivity contribution in [2.24, 2.45) is 0 Å². The standard InChI is InChI=1S/C17H20FN3O3/c1-4-5-14(17(23)24)19-16(22)15-10(2)20-21(11(15)3)13-8-6-12(18)7-9-13/h6-9,14H,4-5H2,1-3H3,(H,19,22)(H,23,24). The highest BCUT2D eigenvalue weighted by Gasteiger charge is 2.24. The largest absolute Gasteiger partial charge is 0.480 e. The van der Waals surface area contributed by atoms with E-state index in [0.29, 0.717) is 35.5 Å². The lowest BCUT2D eigenvalue weighted by Crippen LogP contribution is -2.41. The first-order valence-corrected chi connectivity index (χ1v) is 7.71. The number of carbonyl (C=O) groups excluding carboxylic acids is 1. The summed E-state index contributed by atoms with van der Waals surface area (Å²) in [6.45, 7) is 5.25. The number of amides is 1. The summed E-state index contributed by atoms with van der Waals surface area (Å²) < 4.78 is 14.6. The number of nitrogens with zero attached hydrogens (tertiary/aromatic N) is 2. The maximum atomic E-state index is 13.1. The number of aliphatic carboxylic acids is 1. The number of hydrogen-bond acceptors (Lipinski definition) is 3. The van der Waals surface area contributed by atoms with Crippen LogP contribution in [0.15, 0.2) is 24.3 Å². The molecule has 1 aromatic heterocycles. The zero-order valence-electron chi connectivity index (χ0n) is 13.8. The molecule has 24 heavy (non-hydrogen) atoms. The van der Waals surface area contributed by atoms with Crippen LogP contribution in [0.4, 0.5) is 4.39 Å². The Kier molecular flexibility index (Phi) is 5.33. The van der Waals surface area contributed by atoms with Gasteiger partial charge in [-0.25, -0.2) is 13.9 Å². The molecule has 1 atom stereocenters. The molecule has 0 saturated carbocycles. The van der Waals surface area contributed by atoms with Crippen molar-refractivity contribution in [2.75, 3.05) is 0 Å². The van der Waals surface area contributed by atoms with Gasteiger partial charge in [0.2, 0.25) is 0 Å². The second-order valence-electron chi connectivity index (χ2n) is 5.59. The first-order valence-electron chi connectivity index (χ1n) is 7.71. The molecule has 1 amide bonds. The summed E-state index contributed by atoms with van der Waals surface area (Å²) in [4.78, 5) is 23.7. The van der Waals surface area contributed by atoms with Gasteiger partial charge in [-0.1, -0.05) is 13.3 Å². The lowest BCUT2D eigenvalue weighted by molar-refractivity contribution is -0.139. The van der Waals surface area contributed by atoms with Crippen molar-refractivity contribution < 1.29 is 19.1 Å². The van der Waals surface area contributed by atoms with E-state index in [4.69, 9.17) is 0 Å². The predicted octanol–water partition coefficient (Wildman–Crippen LogP) is 2.61. The SMILES string of the molecule is CCCC(NC(=O)c1c(C)nn(-c2ccc(F)cc2)c1C)C(=O)O. The molecule has 2 N–H and O–H groups in total. The van der Waals surface area contributed by atoms with E-state index in [-0.39, 0.29) is 5.82 Å². The van der Waals surface area contributed by atoms with Crippen LogP contribution < -0.4 is 5.32 Å². The van der Waals surface area contributed by atoms with Crippen molar-refractivity contribution in [1.82, 2.24) is 15.1 Å². The van der Waals surface area contributed by atoms with Crippen molar-refractivity contribution in [1.29, 1.82) is 0 Å². The van der Waals surface area contributed by atoms with Crippen LogP contribution >= 0.6 is 0 Å². The van der Waals surface area contributed by atoms with Crippen molar-refractivity contribution in [3.8, 4) is 5.69 Å². The molecule has 0 saturated heterocycles. The van der Waals surface area contributed by atoms with Crippen LogP contribution in [0, 0.1) is 19.7 Å². The van der Waals surface area contributed by atoms with Crippen LogP contribution in [-0.4, -0.2) is 32.8 Å². The number of carboxylic acid groups (broad SMARTS) is 1. The molecule has 0 spiro atoms. The van der Waals surface area contributed by atoms with Crippen LogP contribution in [0.1, 0.15) is 41.5 Å². The number of carboxylic acids is 1. The molecule has 6 nitrogen and oxygen atoms in total. The number of carbonyl (C=O) groups is 2. The Morgan fingerprint density at radius 3 is 2.46 bits per heavy atom. The Hall–Kier alpha value is -2.70. The quantitative estimate of drug-likeness (QED) is 0.851. The Morgan fingerprint density at radius 1 is 1.29 bits per heavy atom. The van der Waals surface area contributed by atoms with E-state index in [2.05, 4.69) is 10.4 Å². The number of benzene rings is 1. The Bertz CT molecular complexity index is 753. The summed E-state index contributed by atoms with van der Waals surface area (Å²) in [6.07, 6.45) is 0.995. The van der Waals surface area contributed by atoms with Crippen molar-refractivity contribution in [3.63, 3.8) is 0 Å². The van der Waals surface area contributed by atoms with Gasteiger partial charge in [-0.05, 0) is 44.5 Å². The normalized spacial score (nSPS) is 12.0. The van der Waals surface area contributed by atoms with Crippen LogP contribution in [0.5, 0.6) is 0 Å². The van der Waals surface area contributed by atoms with Gasteiger partial charge in [0.15, 0.2) is 0 Å². The van der Waals surface area contributed by atoms with E-state index in [9.17, 15) is 19.1 Å². The van der Waals surface area contributed by atoms with Gasteiger partial charge >= 0.3 is 5.97 Å². The van der Waals surface area contributed by atoms with E-state index >= 15 is 0 Å². The molecule has 2 aromatic rings. The monoisotopic (exact) mass is 333 g/mol. The van der Waals surface area contributed by atoms with Crippen LogP contribution in [0.2, 0.25) is 0 Å². The number of hydrogen-bond donors (Lipinski definition) is 2. The van der Waals surface area contributed by atoms with Gasteiger partial charge in [-0.15, -0.1) is 0 Å². The van der Waals surface area contributed by atoms with Gasteiger partial charge in [0.25, 0.3) is 5.91 Å². The molecule has 0 aliphatic carbocycles. The summed E-state index contributed by atoms with van der Waals surface area (Å²) in [5, 5.41) is 16.0. The third-order valence-corrected chi connectivity index (χ3v) is 3.77. The lowest BCUT2D eigenvalue weighted by Gasteiger charge is -2.13. The Morgan fingerprint density at radius 2 is 1.92 bits per heavy atom. The minimum absolute atomic E-state index is 0.335. The van der Waals surface area contributed by atoms with Crippen LogP contribution in [-0.2, 0) is 4.79 Å². The highest BCUT2D eigenvalue weighted by atomic mass is 19.1. The lowest BCUT2D eigenvalue weighted by atomic mass is 10.1. The first kappa shape index (κ1) is 17.7. The molecule has 2 rings (SSSR count). The molecule has 1 aromatic carbocycles. The average Bonchev–Trinajstić information content (AvgIpc) is 2.82. The van der Waals surface area contributed by atoms with Crippen molar-refractivity contribution in [3.05, 3.63) is 47.0 Å². The maximum absolute atomic E-state index is 13.1. The van der Waals surface area contributed by atoms with Crippen molar-refractivity contribution >= 4 is 11.9 Å². The van der Waals surface area contributed by atoms with Crippen LogP contribution in [0.3, 0.4) is 0 Å². The summed E-state index contributed by atoms with van der Waals surface area (Å²) in [7, 11) is 0. The molecule has 0 aliphatic rings. The summed E-state index contributed by atoms with van der Waals surface area (Å²) in [6, 6.07) is 4.82. The van der Waals surface area contributed by atoms with E-state index in [1.54, 1.807) is 30.7 Å². The molecule has 0 aliphatic heterocycles. The third-order valence-electron chi connectivity index (χ3n) is 3.77. The van der Waals surface area contributed by atoms with Gasteiger partial charge in [-0.2, -0.15) is 5.10 Å². The van der Waals surface area contributed by atoms with Gasteiger partial charge in [-0.3, -0.25) is 4.79 Å². The fourth-order valence-corrected chi connectivity index (χ4v) is 2.58. The number of halogens is 1. The maximum Gasteiger partial charge on any atom is 0.326 e. The zero-order valence-corrected chi connectivity index (χ0v) is 13.8. The molecule has 0 bridgehead atoms. The Balaban J connectivity index is 2.32. The minimum atomic E-state index is -1.06. The van der Waals surface area contributed by atoms with Gasteiger partial charge in [0.05, 0.1) is 22.6 Å². The molecule has 1 unspecified atom stereocenters. The summed E-state index contributed by atoms with van der Waals surface area (Å²) in [5.41, 5.74) is 2.01. The summed E-state index contributed by atoms with van der Waals surface area (Å²) in [5.74, 6) is -1.90. The molecule has 0 fully saturated rings. The minimum Gasteiger partial charge on any atom is -0.480 e. The topological polar surface area (TPSA) is 84.2 Å². The third kappa shape index (κ3) is 3.61. The van der Waals surface area contributed by atoms with E-state index in [0.717, 1.165) is 0 Å². The van der Waals surface area contributed by atoms with E-state index in [1.165, 1.54) is 12.1 Å². The second kappa shape index (κ2) is 7.25. The zero-order chi connectivity index (χ0) is 17.9. The van der Waals surface area contributed by atoms with Gasteiger partial charge in [0.1, 0.15) is 11.9 Å². The predicted molar refractivity (Wildman–Crippen MR) is 86.8 cm³/mol. The number of rotatable bonds is 6. The molecular formula is C17H20FN3O3. The smallest absolute Gasteiger partial charge is 0.326 e. The molecular weight excluding hydrogens is 313 g/mol. The highest BCUT2D eigenvalue weighted by Crippen LogP contribution is 2.18. The highest BCUT2D eigenvalue weighted by molar-refractivity contribution is 5.98. The van der Waals surface area contributed by atoms with E-state index in [1.807, 2.05) is 6.92 Å². The fourth-order valence-electron chi connectivity index (χ4n) is 2.58. The number of aryl methyl sites for hydroxylation is 1. The van der Waals surface area contributed by atoms with Gasteiger partial charge in [0, 0.05) is 0 Å². The van der Waals surface area contributed by atoms with Gasteiger partial charge < -0.3 is 10.4 Å². The number of nitrogens with one attached hydrogen (secondary N) is 1. The van der Waals surface area contributed by atoms with Crippen LogP contribution in [0.25, 0.3) is 5.69 Å². The van der Waals surface area contributed by atoms with E-state index < -0.39 is 17.9 Å². The molecule has 0 radical (unpaired) electrons. The Labute approximate surface area is 139 Å². The molecule has 1 heterocycles. The second-order valence-corrected chi connectivity index (χ2v) is 5.59. The summed E-state index contributed by atoms with van der Waals surface area (Å²) >= 11 is 0. The first-order chi connectivity index (χ1) is 11.3. The molecule has 128 valence electrons. The fraction of sp³-hybridized carbons (Fsp3) is 0.353. The van der Waals surface area contributed by atoms with Crippen molar-refractivity contribution in [2.45, 2.75) is 39.7 Å².